The van der Waals surface area contributed by atoms with Gasteiger partial charge in [0.1, 0.15) is 0 Å². The van der Waals surface area contributed by atoms with Crippen molar-refractivity contribution in [2.75, 3.05) is 39.3 Å². The lowest BCUT2D eigenvalue weighted by Gasteiger charge is -2.29. The predicted octanol–water partition coefficient (Wildman–Crippen LogP) is 2.37. The molecule has 0 bridgehead atoms. The topological polar surface area (TPSA) is 52.7 Å². The van der Waals surface area contributed by atoms with Crippen LogP contribution in [0.1, 0.15) is 30.6 Å². The summed E-state index contributed by atoms with van der Waals surface area (Å²) in [6.07, 6.45) is 0.384. The Morgan fingerprint density at radius 3 is 2.42 bits per heavy atom. The van der Waals surface area contributed by atoms with Gasteiger partial charge >= 0.3 is 0 Å². The van der Waals surface area contributed by atoms with E-state index in [9.17, 15) is 9.59 Å². The van der Waals surface area contributed by atoms with Crippen molar-refractivity contribution < 1.29 is 9.59 Å². The number of halogens is 1. The molecule has 132 valence electrons. The molecule has 0 atom stereocenters. The number of hydrogen-bond acceptors (Lipinski definition) is 3. The number of carbonyl (C=O) groups excluding carboxylic acids is 2. The second-order valence-corrected chi connectivity index (χ2v) is 7.45. The fraction of sp³-hybridized carbons (Fsp3) is 0.556. The van der Waals surface area contributed by atoms with Crippen LogP contribution in [0.3, 0.4) is 0 Å². The molecule has 5 nitrogen and oxygen atoms in total. The van der Waals surface area contributed by atoms with Crippen LogP contribution in [0.5, 0.6) is 0 Å². The van der Waals surface area contributed by atoms with Crippen molar-refractivity contribution in [2.24, 2.45) is 5.92 Å². The first-order valence-electron chi connectivity index (χ1n) is 8.50. The molecule has 0 radical (unpaired) electrons. The van der Waals surface area contributed by atoms with Crippen molar-refractivity contribution in [3.05, 3.63) is 34.3 Å². The lowest BCUT2D eigenvalue weighted by molar-refractivity contribution is -0.132. The Labute approximate surface area is 152 Å². The monoisotopic (exact) mass is 395 g/mol. The van der Waals surface area contributed by atoms with Crippen molar-refractivity contribution in [2.45, 2.75) is 20.3 Å². The third-order valence-corrected chi connectivity index (χ3v) is 4.56. The Hall–Kier alpha value is -1.40. The van der Waals surface area contributed by atoms with E-state index in [1.165, 1.54) is 0 Å². The third kappa shape index (κ3) is 5.60. The van der Waals surface area contributed by atoms with Crippen LogP contribution < -0.4 is 5.32 Å². The summed E-state index contributed by atoms with van der Waals surface area (Å²) in [7, 11) is 0. The maximum absolute atomic E-state index is 12.8. The smallest absolute Gasteiger partial charge is 0.253 e. The molecule has 1 saturated heterocycles. The van der Waals surface area contributed by atoms with Crippen molar-refractivity contribution in [1.29, 1.82) is 0 Å². The molecule has 1 fully saturated rings. The highest BCUT2D eigenvalue weighted by atomic mass is 79.9. The highest BCUT2D eigenvalue weighted by molar-refractivity contribution is 9.10. The first-order valence-corrected chi connectivity index (χ1v) is 9.30. The van der Waals surface area contributed by atoms with Crippen molar-refractivity contribution >= 4 is 27.7 Å². The van der Waals surface area contributed by atoms with Crippen LogP contribution >= 0.6 is 15.9 Å². The minimum Gasteiger partial charge on any atom is -0.340 e. The summed E-state index contributed by atoms with van der Waals surface area (Å²) >= 11 is 3.39. The molecule has 2 amide bonds. The average Bonchev–Trinajstić information content (AvgIpc) is 2.59. The first kappa shape index (κ1) is 18.9. The van der Waals surface area contributed by atoms with Crippen LogP contribution in [-0.2, 0) is 4.79 Å². The Balaban J connectivity index is 1.98. The highest BCUT2D eigenvalue weighted by Crippen LogP contribution is 2.14. The van der Waals surface area contributed by atoms with Crippen molar-refractivity contribution in [3.8, 4) is 0 Å². The first-order chi connectivity index (χ1) is 11.5. The van der Waals surface area contributed by atoms with Gasteiger partial charge in [0.2, 0.25) is 5.91 Å². The molecule has 1 aromatic carbocycles. The van der Waals surface area contributed by atoms with E-state index >= 15 is 0 Å². The Morgan fingerprint density at radius 1 is 1.21 bits per heavy atom. The standard InChI is InChI=1S/C18H26BrN3O2/c1-14(2)13-22(18(24)15-3-5-16(19)6-4-15)10-7-17(23)21-11-8-20-9-12-21/h3-6,14,20H,7-13H2,1-2H3. The summed E-state index contributed by atoms with van der Waals surface area (Å²) in [6, 6.07) is 7.37. The molecule has 2 rings (SSSR count). The molecule has 1 aliphatic heterocycles. The van der Waals surface area contributed by atoms with Crippen molar-refractivity contribution in [3.63, 3.8) is 0 Å². The largest absolute Gasteiger partial charge is 0.340 e. The van der Waals surface area contributed by atoms with Gasteiger partial charge < -0.3 is 15.1 Å². The summed E-state index contributed by atoms with van der Waals surface area (Å²) in [5.74, 6) is 0.483. The molecule has 1 heterocycles. The molecule has 0 aromatic heterocycles. The van der Waals surface area contributed by atoms with Gasteiger partial charge in [0.15, 0.2) is 0 Å². The van der Waals surface area contributed by atoms with E-state index in [-0.39, 0.29) is 11.8 Å². The lowest BCUT2D eigenvalue weighted by atomic mass is 10.1. The van der Waals surface area contributed by atoms with E-state index in [1.807, 2.05) is 29.2 Å². The van der Waals surface area contributed by atoms with E-state index in [1.54, 1.807) is 4.90 Å². The van der Waals surface area contributed by atoms with E-state index in [4.69, 9.17) is 0 Å². The zero-order valence-corrected chi connectivity index (χ0v) is 16.0. The quantitative estimate of drug-likeness (QED) is 0.804. The minimum absolute atomic E-state index is 0.00990. The van der Waals surface area contributed by atoms with E-state index in [0.717, 1.165) is 30.7 Å². The Kier molecular flexibility index (Phi) is 7.24. The van der Waals surface area contributed by atoms with Gasteiger partial charge in [0.25, 0.3) is 5.91 Å². The molecule has 0 aliphatic carbocycles. The molecule has 1 aliphatic rings. The number of piperazine rings is 1. The number of hydrogen-bond donors (Lipinski definition) is 1. The normalized spacial score (nSPS) is 14.8. The number of nitrogens with zero attached hydrogens (tertiary/aromatic N) is 2. The summed E-state index contributed by atoms with van der Waals surface area (Å²) in [5, 5.41) is 3.24. The van der Waals surface area contributed by atoms with Crippen LogP contribution in [0.15, 0.2) is 28.7 Å². The zero-order chi connectivity index (χ0) is 17.5. The molecule has 0 unspecified atom stereocenters. The molecule has 24 heavy (non-hydrogen) atoms. The Bertz CT molecular complexity index is 554. The number of benzene rings is 1. The van der Waals surface area contributed by atoms with Gasteiger partial charge in [-0.05, 0) is 30.2 Å². The van der Waals surface area contributed by atoms with Gasteiger partial charge in [-0.3, -0.25) is 9.59 Å². The van der Waals surface area contributed by atoms with Crippen LogP contribution in [0.2, 0.25) is 0 Å². The number of rotatable bonds is 6. The molecular weight excluding hydrogens is 370 g/mol. The third-order valence-electron chi connectivity index (χ3n) is 4.03. The molecule has 1 N–H and O–H groups in total. The van der Waals surface area contributed by atoms with Crippen LogP contribution in [0, 0.1) is 5.92 Å². The predicted molar refractivity (Wildman–Crippen MR) is 99.0 cm³/mol. The number of carbonyl (C=O) groups is 2. The summed E-state index contributed by atoms with van der Waals surface area (Å²) in [5.41, 5.74) is 0.661. The van der Waals surface area contributed by atoms with E-state index in [2.05, 4.69) is 35.1 Å². The highest BCUT2D eigenvalue weighted by Gasteiger charge is 2.21. The fourth-order valence-electron chi connectivity index (χ4n) is 2.79. The number of nitrogens with one attached hydrogen (secondary N) is 1. The minimum atomic E-state index is -0.00990. The van der Waals surface area contributed by atoms with Gasteiger partial charge in [-0.25, -0.2) is 0 Å². The molecular formula is C18H26BrN3O2. The van der Waals surface area contributed by atoms with E-state index < -0.39 is 0 Å². The van der Waals surface area contributed by atoms with Crippen molar-refractivity contribution in [1.82, 2.24) is 15.1 Å². The van der Waals surface area contributed by atoms with Gasteiger partial charge in [-0.1, -0.05) is 29.8 Å². The fourth-order valence-corrected chi connectivity index (χ4v) is 3.06. The SMILES string of the molecule is CC(C)CN(CCC(=O)N1CCNCC1)C(=O)c1ccc(Br)cc1. The van der Waals surface area contributed by atoms with Crippen LogP contribution in [0.4, 0.5) is 0 Å². The summed E-state index contributed by atoms with van der Waals surface area (Å²) in [4.78, 5) is 28.8. The lowest BCUT2D eigenvalue weighted by Crippen LogP contribution is -2.47. The van der Waals surface area contributed by atoms with Gasteiger partial charge in [-0.2, -0.15) is 0 Å². The molecule has 0 saturated carbocycles. The molecule has 1 aromatic rings. The van der Waals surface area contributed by atoms with E-state index in [0.29, 0.717) is 31.0 Å². The van der Waals surface area contributed by atoms with Gasteiger partial charge in [0.05, 0.1) is 0 Å². The number of amides is 2. The summed E-state index contributed by atoms with van der Waals surface area (Å²) < 4.78 is 0.948. The summed E-state index contributed by atoms with van der Waals surface area (Å²) in [6.45, 7) is 8.49. The maximum atomic E-state index is 12.8. The molecule has 6 heteroatoms. The second kappa shape index (κ2) is 9.18. The average molecular weight is 396 g/mol. The Morgan fingerprint density at radius 2 is 1.83 bits per heavy atom. The molecule has 0 spiro atoms. The maximum Gasteiger partial charge on any atom is 0.253 e. The zero-order valence-electron chi connectivity index (χ0n) is 14.4. The van der Waals surface area contributed by atoms with Gasteiger partial charge in [-0.15, -0.1) is 0 Å². The second-order valence-electron chi connectivity index (χ2n) is 6.53. The van der Waals surface area contributed by atoms with Crippen LogP contribution in [-0.4, -0.2) is 60.9 Å². The van der Waals surface area contributed by atoms with Crippen LogP contribution in [0.25, 0.3) is 0 Å². The van der Waals surface area contributed by atoms with Gasteiger partial charge in [0, 0.05) is 55.7 Å².